The normalized spacial score (nSPS) is 17.7. The molecular formula is C31H39ClN4O6. The lowest BCUT2D eigenvalue weighted by Crippen LogP contribution is -2.66. The van der Waals surface area contributed by atoms with E-state index >= 15 is 0 Å². The third-order valence-electron chi connectivity index (χ3n) is 6.95. The van der Waals surface area contributed by atoms with Crippen LogP contribution in [0.2, 0.25) is 5.02 Å². The number of alkyl carbamates (subject to hydrolysis) is 1. The minimum Gasteiger partial charge on any atom is -0.489 e. The molecule has 0 atom stereocenters. The highest BCUT2D eigenvalue weighted by Crippen LogP contribution is 2.35. The van der Waals surface area contributed by atoms with Crippen LogP contribution in [0.3, 0.4) is 0 Å². The van der Waals surface area contributed by atoms with Crippen LogP contribution in [0.1, 0.15) is 54.0 Å². The Hall–Kier alpha value is -3.34. The fraction of sp³-hybridized carbons (Fsp3) is 0.516. The van der Waals surface area contributed by atoms with Crippen LogP contribution in [0.5, 0.6) is 5.75 Å². The van der Waals surface area contributed by atoms with Gasteiger partial charge in [-0.2, -0.15) is 4.98 Å². The Morgan fingerprint density at radius 1 is 1.12 bits per heavy atom. The largest absolute Gasteiger partial charge is 0.489 e. The van der Waals surface area contributed by atoms with Crippen LogP contribution in [0.25, 0.3) is 22.8 Å². The number of halogens is 1. The summed E-state index contributed by atoms with van der Waals surface area (Å²) >= 11 is 6.41. The maximum absolute atomic E-state index is 12.8. The molecule has 42 heavy (non-hydrogen) atoms. The summed E-state index contributed by atoms with van der Waals surface area (Å²) in [6, 6.07) is 11.5. The molecule has 0 radical (unpaired) electrons. The maximum atomic E-state index is 12.8. The monoisotopic (exact) mass is 598 g/mol. The van der Waals surface area contributed by atoms with E-state index in [0.717, 1.165) is 29.8 Å². The number of ether oxygens (including phenoxy) is 4. The van der Waals surface area contributed by atoms with Gasteiger partial charge in [0.25, 0.3) is 5.89 Å². The van der Waals surface area contributed by atoms with E-state index in [9.17, 15) is 4.79 Å². The van der Waals surface area contributed by atoms with Crippen LogP contribution in [-0.4, -0.2) is 65.6 Å². The van der Waals surface area contributed by atoms with E-state index in [4.69, 9.17) is 35.1 Å². The predicted octanol–water partition coefficient (Wildman–Crippen LogP) is 6.25. The third kappa shape index (κ3) is 6.99. The van der Waals surface area contributed by atoms with Gasteiger partial charge in [0.1, 0.15) is 16.9 Å². The van der Waals surface area contributed by atoms with E-state index in [-0.39, 0.29) is 6.10 Å². The first kappa shape index (κ1) is 30.1. The second-order valence-electron chi connectivity index (χ2n) is 12.6. The van der Waals surface area contributed by atoms with Crippen molar-refractivity contribution >= 4 is 23.4 Å². The van der Waals surface area contributed by atoms with Gasteiger partial charge in [-0.05, 0) is 96.8 Å². The van der Waals surface area contributed by atoms with Gasteiger partial charge in [-0.15, -0.1) is 0 Å². The van der Waals surface area contributed by atoms with E-state index < -0.39 is 23.0 Å². The number of nitrogens with zero attached hydrogens (tertiary/aromatic N) is 3. The van der Waals surface area contributed by atoms with Gasteiger partial charge >= 0.3 is 6.09 Å². The number of amides is 1. The average molecular weight is 599 g/mol. The Kier molecular flexibility index (Phi) is 8.17. The van der Waals surface area contributed by atoms with Crippen molar-refractivity contribution in [3.8, 4) is 28.6 Å². The molecule has 2 aromatic carbocycles. The van der Waals surface area contributed by atoms with Gasteiger partial charge in [0.15, 0.2) is 5.79 Å². The van der Waals surface area contributed by atoms with Crippen LogP contribution in [0, 0.1) is 0 Å². The molecule has 0 spiro atoms. The fourth-order valence-corrected chi connectivity index (χ4v) is 5.24. The topological polar surface area (TPSA) is 108 Å². The minimum atomic E-state index is -0.780. The first-order chi connectivity index (χ1) is 19.7. The van der Waals surface area contributed by atoms with Crippen molar-refractivity contribution in [3.05, 3.63) is 47.0 Å². The number of anilines is 1. The highest BCUT2D eigenvalue weighted by Gasteiger charge is 2.44. The molecule has 2 aliphatic heterocycles. The molecule has 5 rings (SSSR count). The molecule has 3 aromatic rings. The fourth-order valence-electron chi connectivity index (χ4n) is 5.01. The molecule has 1 aromatic heterocycles. The Morgan fingerprint density at radius 2 is 1.83 bits per heavy atom. The summed E-state index contributed by atoms with van der Waals surface area (Å²) in [6.07, 6.45) is 0.346. The molecule has 1 saturated heterocycles. The van der Waals surface area contributed by atoms with Gasteiger partial charge < -0.3 is 33.7 Å². The maximum Gasteiger partial charge on any atom is 0.408 e. The summed E-state index contributed by atoms with van der Waals surface area (Å²) in [5.74, 6) is 0.747. The van der Waals surface area contributed by atoms with E-state index in [0.29, 0.717) is 47.8 Å². The molecule has 2 aliphatic rings. The van der Waals surface area contributed by atoms with Crippen molar-refractivity contribution in [3.63, 3.8) is 0 Å². The number of rotatable bonds is 7. The standard InChI is InChI=1S/C31H39ClN4O6/c1-19(2)40-25-11-9-22(15-23(25)32)27-33-26(35-42-27)21-8-10-24-20(14-21)12-13-36(24)16-31(17-38-30(6,7)39-18-31)34-28(37)41-29(3,4)5/h8-11,14-15,19H,12-13,16-18H2,1-7H3,(H,34,37). The highest BCUT2D eigenvalue weighted by atomic mass is 35.5. The summed E-state index contributed by atoms with van der Waals surface area (Å²) in [4.78, 5) is 19.7. The molecule has 226 valence electrons. The van der Waals surface area contributed by atoms with Gasteiger partial charge in [0.05, 0.1) is 24.3 Å². The number of hydrogen-bond donors (Lipinski definition) is 1. The van der Waals surface area contributed by atoms with Gasteiger partial charge in [0, 0.05) is 29.9 Å². The first-order valence-corrected chi connectivity index (χ1v) is 14.6. The summed E-state index contributed by atoms with van der Waals surface area (Å²) in [6.45, 7) is 15.0. The van der Waals surface area contributed by atoms with Gasteiger partial charge in [0.2, 0.25) is 5.82 Å². The van der Waals surface area contributed by atoms with Crippen molar-refractivity contribution < 1.29 is 28.3 Å². The summed E-state index contributed by atoms with van der Waals surface area (Å²) in [5.41, 5.74) is 2.39. The Balaban J connectivity index is 1.32. The molecule has 10 nitrogen and oxygen atoms in total. The number of hydrogen-bond acceptors (Lipinski definition) is 9. The summed E-state index contributed by atoms with van der Waals surface area (Å²) < 4.78 is 28.8. The molecule has 0 bridgehead atoms. The smallest absolute Gasteiger partial charge is 0.408 e. The Labute approximate surface area is 251 Å². The predicted molar refractivity (Wildman–Crippen MR) is 160 cm³/mol. The minimum absolute atomic E-state index is 0.0161. The van der Waals surface area contributed by atoms with Crippen molar-refractivity contribution in [1.82, 2.24) is 15.5 Å². The van der Waals surface area contributed by atoms with E-state index in [2.05, 4.69) is 32.5 Å². The number of carbonyl (C=O) groups excluding carboxylic acids is 1. The number of fused-ring (bicyclic) bond motifs is 1. The SMILES string of the molecule is CC(C)Oc1ccc(-c2nc(-c3ccc4c(c3)CCN4CC3(NC(=O)OC(C)(C)C)COC(C)(C)OC3)no2)cc1Cl. The lowest BCUT2D eigenvalue weighted by atomic mass is 9.99. The van der Waals surface area contributed by atoms with Crippen molar-refractivity contribution in [2.24, 2.45) is 0 Å². The zero-order valence-corrected chi connectivity index (χ0v) is 26.0. The van der Waals surface area contributed by atoms with Crippen LogP contribution in [0.15, 0.2) is 40.9 Å². The molecule has 1 N–H and O–H groups in total. The van der Waals surface area contributed by atoms with Gasteiger partial charge in [-0.25, -0.2) is 4.79 Å². The number of carbonyl (C=O) groups is 1. The molecule has 0 unspecified atom stereocenters. The van der Waals surface area contributed by atoms with Crippen molar-refractivity contribution in [1.29, 1.82) is 0 Å². The molecule has 3 heterocycles. The van der Waals surface area contributed by atoms with Gasteiger partial charge in [-0.3, -0.25) is 0 Å². The zero-order chi connectivity index (χ0) is 30.3. The van der Waals surface area contributed by atoms with Gasteiger partial charge in [-0.1, -0.05) is 16.8 Å². The molecule has 1 fully saturated rings. The summed E-state index contributed by atoms with van der Waals surface area (Å²) in [7, 11) is 0. The van der Waals surface area contributed by atoms with Crippen molar-refractivity contribution in [2.45, 2.75) is 77.9 Å². The Morgan fingerprint density at radius 3 is 2.50 bits per heavy atom. The quantitative estimate of drug-likeness (QED) is 0.337. The van der Waals surface area contributed by atoms with Crippen molar-refractivity contribution in [2.75, 3.05) is 31.2 Å². The molecule has 11 heteroatoms. The summed E-state index contributed by atoms with van der Waals surface area (Å²) in [5, 5.41) is 7.75. The average Bonchev–Trinajstić information content (AvgIpc) is 3.53. The second kappa shape index (κ2) is 11.4. The highest BCUT2D eigenvalue weighted by molar-refractivity contribution is 6.32. The van der Waals surface area contributed by atoms with E-state index in [1.165, 1.54) is 0 Å². The first-order valence-electron chi connectivity index (χ1n) is 14.2. The van der Waals surface area contributed by atoms with Crippen LogP contribution < -0.4 is 15.0 Å². The van der Waals surface area contributed by atoms with E-state index in [1.54, 1.807) is 12.1 Å². The molecule has 1 amide bonds. The molecular weight excluding hydrogens is 560 g/mol. The lowest BCUT2D eigenvalue weighted by molar-refractivity contribution is -0.269. The second-order valence-corrected chi connectivity index (χ2v) is 13.0. The Bertz CT molecular complexity index is 1440. The molecule has 0 saturated carbocycles. The van der Waals surface area contributed by atoms with Crippen LogP contribution in [0.4, 0.5) is 10.5 Å². The number of aromatic nitrogens is 2. The third-order valence-corrected chi connectivity index (χ3v) is 7.24. The van der Waals surface area contributed by atoms with Crippen LogP contribution >= 0.6 is 11.6 Å². The number of nitrogens with one attached hydrogen (secondary N) is 1. The molecule has 0 aliphatic carbocycles. The lowest BCUT2D eigenvalue weighted by Gasteiger charge is -2.45. The van der Waals surface area contributed by atoms with E-state index in [1.807, 2.05) is 60.6 Å². The number of benzene rings is 2. The zero-order valence-electron chi connectivity index (χ0n) is 25.2. The van der Waals surface area contributed by atoms with Crippen LogP contribution in [-0.2, 0) is 20.6 Å².